The van der Waals surface area contributed by atoms with Crippen molar-refractivity contribution in [2.75, 3.05) is 7.11 Å². The Hall–Kier alpha value is -4.66. The molecule has 1 unspecified atom stereocenters. The number of benzene rings is 2. The van der Waals surface area contributed by atoms with Gasteiger partial charge >= 0.3 is 12.0 Å². The number of fused-ring (bicyclic) bond motifs is 1. The number of aryl methyl sites for hydroxylation is 1. The Morgan fingerprint density at radius 3 is 2.73 bits per heavy atom. The lowest BCUT2D eigenvalue weighted by Crippen LogP contribution is -2.46. The molecule has 2 aromatic carbocycles. The van der Waals surface area contributed by atoms with E-state index < -0.39 is 23.9 Å². The number of aromatic amines is 1. The van der Waals surface area contributed by atoms with E-state index in [0.717, 1.165) is 16.7 Å². The molecule has 0 bridgehead atoms. The van der Waals surface area contributed by atoms with Gasteiger partial charge in [-0.15, -0.1) is 0 Å². The summed E-state index contributed by atoms with van der Waals surface area (Å²) in [6.45, 7) is -0.112. The quantitative estimate of drug-likeness (QED) is 0.304. The number of amides is 2. The number of nitrogens with one attached hydrogen (secondary N) is 3. The van der Waals surface area contributed by atoms with Crippen LogP contribution in [0.5, 0.6) is 5.75 Å². The van der Waals surface area contributed by atoms with Crippen LogP contribution in [0.4, 0.5) is 9.18 Å². The first-order valence-electron chi connectivity index (χ1n) is 11.8. The number of ether oxygens (including phenoxy) is 2. The van der Waals surface area contributed by atoms with Gasteiger partial charge in [0.2, 0.25) is 0 Å². The zero-order valence-corrected chi connectivity index (χ0v) is 20.1. The van der Waals surface area contributed by atoms with E-state index in [9.17, 15) is 14.0 Å². The lowest BCUT2D eigenvalue weighted by molar-refractivity contribution is -0.140. The van der Waals surface area contributed by atoms with E-state index in [1.54, 1.807) is 37.7 Å². The molecular formula is C28H25FN4O4. The Balaban J connectivity index is 1.50. The molecule has 1 aliphatic heterocycles. The lowest BCUT2D eigenvalue weighted by atomic mass is 9.93. The summed E-state index contributed by atoms with van der Waals surface area (Å²) in [5.41, 5.74) is 3.57. The molecule has 8 nitrogen and oxygen atoms in total. The highest BCUT2D eigenvalue weighted by molar-refractivity contribution is 5.96. The van der Waals surface area contributed by atoms with E-state index in [2.05, 4.69) is 20.6 Å². The third-order valence-corrected chi connectivity index (χ3v) is 6.22. The van der Waals surface area contributed by atoms with Gasteiger partial charge in [-0.2, -0.15) is 0 Å². The third-order valence-electron chi connectivity index (χ3n) is 6.22. The number of allylic oxidation sites excluding steroid dienone is 1. The molecule has 5 rings (SSSR count). The molecule has 0 saturated heterocycles. The van der Waals surface area contributed by atoms with Crippen LogP contribution in [-0.2, 0) is 22.6 Å². The van der Waals surface area contributed by atoms with Crippen molar-refractivity contribution in [1.29, 1.82) is 0 Å². The van der Waals surface area contributed by atoms with Crippen molar-refractivity contribution in [2.45, 2.75) is 25.5 Å². The van der Waals surface area contributed by atoms with Crippen molar-refractivity contribution in [2.24, 2.45) is 0 Å². The Morgan fingerprint density at radius 1 is 1.05 bits per heavy atom. The molecule has 9 heteroatoms. The van der Waals surface area contributed by atoms with Gasteiger partial charge in [0.1, 0.15) is 23.8 Å². The summed E-state index contributed by atoms with van der Waals surface area (Å²) in [5, 5.41) is 6.44. The molecule has 0 fully saturated rings. The van der Waals surface area contributed by atoms with E-state index in [1.165, 1.54) is 12.1 Å². The van der Waals surface area contributed by atoms with Crippen molar-refractivity contribution in [3.63, 3.8) is 0 Å². The summed E-state index contributed by atoms with van der Waals surface area (Å²) >= 11 is 0. The number of carbonyl (C=O) groups is 2. The van der Waals surface area contributed by atoms with Gasteiger partial charge in [0, 0.05) is 29.0 Å². The highest BCUT2D eigenvalue weighted by Crippen LogP contribution is 2.33. The molecule has 3 N–H and O–H groups in total. The average Bonchev–Trinajstić information content (AvgIpc) is 3.34. The number of H-pyrrole nitrogens is 1. The van der Waals surface area contributed by atoms with Gasteiger partial charge in [0.15, 0.2) is 0 Å². The molecule has 37 heavy (non-hydrogen) atoms. The molecule has 0 aliphatic carbocycles. The van der Waals surface area contributed by atoms with Gasteiger partial charge in [-0.25, -0.2) is 19.0 Å². The van der Waals surface area contributed by atoms with Gasteiger partial charge in [0.25, 0.3) is 0 Å². The number of hydrogen-bond acceptors (Lipinski definition) is 5. The molecule has 188 valence electrons. The molecule has 4 aromatic rings. The molecule has 2 amide bonds. The maximum absolute atomic E-state index is 13.6. The lowest BCUT2D eigenvalue weighted by Gasteiger charge is -2.29. The fraction of sp³-hybridized carbons (Fsp3) is 0.179. The van der Waals surface area contributed by atoms with Crippen LogP contribution in [0.25, 0.3) is 11.0 Å². The van der Waals surface area contributed by atoms with Gasteiger partial charge in [-0.3, -0.25) is 0 Å². The minimum Gasteiger partial charge on any atom is -0.497 e. The Labute approximate surface area is 212 Å². The first kappa shape index (κ1) is 24.1. The summed E-state index contributed by atoms with van der Waals surface area (Å²) in [6.07, 6.45) is 4.32. The largest absolute Gasteiger partial charge is 0.497 e. The van der Waals surface area contributed by atoms with Crippen LogP contribution < -0.4 is 15.4 Å². The third kappa shape index (κ3) is 5.30. The van der Waals surface area contributed by atoms with Crippen molar-refractivity contribution in [3.8, 4) is 5.75 Å². The number of urea groups is 1. The molecule has 1 aliphatic rings. The summed E-state index contributed by atoms with van der Waals surface area (Å²) < 4.78 is 24.6. The SMILES string of the molecule is COc1cccc(CCC2=C(C(=O)OCc3cccc(F)c3)C(c3c[nH]c4ncccc34)NC(=O)N2)c1. The van der Waals surface area contributed by atoms with Crippen molar-refractivity contribution in [3.05, 3.63) is 107 Å². The summed E-state index contributed by atoms with van der Waals surface area (Å²) in [7, 11) is 1.60. The number of aromatic nitrogens is 2. The van der Waals surface area contributed by atoms with Crippen molar-refractivity contribution >= 4 is 23.0 Å². The number of methoxy groups -OCH3 is 1. The summed E-state index contributed by atoms with van der Waals surface area (Å²) in [6, 6.07) is 15.9. The minimum atomic E-state index is -0.771. The maximum atomic E-state index is 13.6. The molecule has 0 radical (unpaired) electrons. The fourth-order valence-corrected chi connectivity index (χ4v) is 4.46. The van der Waals surface area contributed by atoms with Crippen LogP contribution in [0.15, 0.2) is 84.3 Å². The molecule has 0 saturated carbocycles. The Morgan fingerprint density at radius 2 is 1.89 bits per heavy atom. The zero-order valence-electron chi connectivity index (χ0n) is 20.1. The van der Waals surface area contributed by atoms with Gasteiger partial charge in [0.05, 0.1) is 18.7 Å². The van der Waals surface area contributed by atoms with Crippen LogP contribution in [0.3, 0.4) is 0 Å². The minimum absolute atomic E-state index is 0.112. The second-order valence-electron chi connectivity index (χ2n) is 8.62. The second-order valence-corrected chi connectivity index (χ2v) is 8.62. The monoisotopic (exact) mass is 500 g/mol. The number of esters is 1. The van der Waals surface area contributed by atoms with Crippen LogP contribution in [0.2, 0.25) is 0 Å². The van der Waals surface area contributed by atoms with Crippen LogP contribution in [-0.4, -0.2) is 29.1 Å². The van der Waals surface area contributed by atoms with Gasteiger partial charge in [-0.05, 0) is 60.4 Å². The first-order chi connectivity index (χ1) is 18.0. The van der Waals surface area contributed by atoms with Gasteiger partial charge < -0.3 is 25.1 Å². The molecular weight excluding hydrogens is 475 g/mol. The average molecular weight is 501 g/mol. The van der Waals surface area contributed by atoms with Crippen molar-refractivity contribution < 1.29 is 23.5 Å². The number of halogens is 1. The van der Waals surface area contributed by atoms with Gasteiger partial charge in [-0.1, -0.05) is 24.3 Å². The predicted molar refractivity (Wildman–Crippen MR) is 135 cm³/mol. The van der Waals surface area contributed by atoms with Crippen LogP contribution in [0.1, 0.15) is 29.2 Å². The highest BCUT2D eigenvalue weighted by Gasteiger charge is 2.35. The molecule has 1 atom stereocenters. The Kier molecular flexibility index (Phi) is 6.85. The number of hydrogen-bond donors (Lipinski definition) is 3. The second kappa shape index (κ2) is 10.5. The van der Waals surface area contributed by atoms with Crippen LogP contribution >= 0.6 is 0 Å². The zero-order chi connectivity index (χ0) is 25.8. The van der Waals surface area contributed by atoms with E-state index in [1.807, 2.05) is 30.3 Å². The van der Waals surface area contributed by atoms with E-state index >= 15 is 0 Å². The number of rotatable bonds is 8. The number of nitrogens with zero attached hydrogens (tertiary/aromatic N) is 1. The maximum Gasteiger partial charge on any atom is 0.338 e. The van der Waals surface area contributed by atoms with E-state index in [-0.39, 0.29) is 12.2 Å². The van der Waals surface area contributed by atoms with E-state index in [0.29, 0.717) is 35.3 Å². The smallest absolute Gasteiger partial charge is 0.338 e. The summed E-state index contributed by atoms with van der Waals surface area (Å²) in [4.78, 5) is 33.6. The van der Waals surface area contributed by atoms with Crippen LogP contribution in [0, 0.1) is 5.82 Å². The fourth-order valence-electron chi connectivity index (χ4n) is 4.46. The summed E-state index contributed by atoms with van der Waals surface area (Å²) in [5.74, 6) is -0.303. The van der Waals surface area contributed by atoms with E-state index in [4.69, 9.17) is 9.47 Å². The van der Waals surface area contributed by atoms with Crippen molar-refractivity contribution in [1.82, 2.24) is 20.6 Å². The standard InChI is InChI=1S/C28H25FN4O4/c1-36-20-8-3-5-17(14-20)10-11-23-24(27(34)37-16-18-6-2-7-19(29)13-18)25(33-28(35)32-23)22-15-31-26-21(22)9-4-12-30-26/h2-9,12-15,25H,10-11,16H2,1H3,(H,30,31)(H2,32,33,35). The number of carbonyl (C=O) groups excluding carboxylic acids is 2. The topological polar surface area (TPSA) is 105 Å². The molecule has 0 spiro atoms. The number of pyridine rings is 1. The molecule has 2 aromatic heterocycles. The first-order valence-corrected chi connectivity index (χ1v) is 11.8. The molecule has 3 heterocycles. The highest BCUT2D eigenvalue weighted by atomic mass is 19.1. The predicted octanol–water partition coefficient (Wildman–Crippen LogP) is 4.69. The normalized spacial score (nSPS) is 15.3. The Bertz CT molecular complexity index is 1500.